The van der Waals surface area contributed by atoms with Crippen LogP contribution in [0.5, 0.6) is 11.5 Å². The van der Waals surface area contributed by atoms with Crippen molar-refractivity contribution in [2.24, 2.45) is 0 Å². The lowest BCUT2D eigenvalue weighted by atomic mass is 10.0. The van der Waals surface area contributed by atoms with Crippen molar-refractivity contribution < 1.29 is 15.0 Å². The molecule has 0 atom stereocenters. The zero-order chi connectivity index (χ0) is 22.5. The SMILES string of the molecule is CC(C)=CCCC(C)=CCCCCCC=CC=Cc1c(O)c(Cl)c(C)c(C=O)c1O. The molecule has 0 aromatic heterocycles. The number of hydrogen-bond acceptors (Lipinski definition) is 3. The summed E-state index contributed by atoms with van der Waals surface area (Å²) in [5.41, 5.74) is 3.48. The highest BCUT2D eigenvalue weighted by Gasteiger charge is 2.18. The minimum Gasteiger partial charge on any atom is -0.506 e. The molecular weight excluding hydrogens is 396 g/mol. The molecule has 1 aromatic carbocycles. The van der Waals surface area contributed by atoms with Crippen molar-refractivity contribution in [2.45, 2.75) is 72.6 Å². The molecule has 3 nitrogen and oxygen atoms in total. The van der Waals surface area contributed by atoms with Crippen molar-refractivity contribution in [1.29, 1.82) is 0 Å². The van der Waals surface area contributed by atoms with Crippen molar-refractivity contribution >= 4 is 24.0 Å². The van der Waals surface area contributed by atoms with Crippen LogP contribution in [-0.4, -0.2) is 16.5 Å². The average molecular weight is 431 g/mol. The van der Waals surface area contributed by atoms with E-state index in [1.807, 2.05) is 6.08 Å². The van der Waals surface area contributed by atoms with Crippen molar-refractivity contribution in [1.82, 2.24) is 0 Å². The quantitative estimate of drug-likeness (QED) is 0.152. The fraction of sp³-hybridized carbons (Fsp3) is 0.423. The van der Waals surface area contributed by atoms with Crippen LogP contribution in [0.2, 0.25) is 5.02 Å². The Labute approximate surface area is 186 Å². The maximum Gasteiger partial charge on any atom is 0.154 e. The van der Waals surface area contributed by atoms with Crippen LogP contribution in [0.25, 0.3) is 6.08 Å². The van der Waals surface area contributed by atoms with Gasteiger partial charge >= 0.3 is 0 Å². The van der Waals surface area contributed by atoms with E-state index in [-0.39, 0.29) is 27.6 Å². The molecule has 0 spiro atoms. The van der Waals surface area contributed by atoms with Gasteiger partial charge in [0.25, 0.3) is 0 Å². The predicted octanol–water partition coefficient (Wildman–Crippen LogP) is 8.08. The molecule has 0 saturated carbocycles. The minimum atomic E-state index is -0.252. The van der Waals surface area contributed by atoms with E-state index in [4.69, 9.17) is 11.6 Å². The molecule has 164 valence electrons. The lowest BCUT2D eigenvalue weighted by molar-refractivity contribution is 0.112. The molecule has 4 heteroatoms. The first kappa shape index (κ1) is 25.8. The number of allylic oxidation sites excluding steroid dienone is 7. The second-order valence-corrected chi connectivity index (χ2v) is 8.26. The van der Waals surface area contributed by atoms with Gasteiger partial charge in [-0.15, -0.1) is 0 Å². The monoisotopic (exact) mass is 430 g/mol. The number of halogens is 1. The van der Waals surface area contributed by atoms with E-state index in [1.165, 1.54) is 24.0 Å². The summed E-state index contributed by atoms with van der Waals surface area (Å²) >= 11 is 6.04. The average Bonchev–Trinajstić information content (AvgIpc) is 2.70. The summed E-state index contributed by atoms with van der Waals surface area (Å²) in [5.74, 6) is -0.468. The highest BCUT2D eigenvalue weighted by atomic mass is 35.5. The van der Waals surface area contributed by atoms with E-state index in [1.54, 1.807) is 19.1 Å². The third-order valence-corrected chi connectivity index (χ3v) is 5.46. The third kappa shape index (κ3) is 8.62. The molecule has 2 N–H and O–H groups in total. The van der Waals surface area contributed by atoms with Gasteiger partial charge in [0.2, 0.25) is 0 Å². The number of aromatic hydroxyl groups is 2. The Balaban J connectivity index is 2.39. The molecule has 0 bridgehead atoms. The lowest BCUT2D eigenvalue weighted by Gasteiger charge is -2.11. The molecule has 0 radical (unpaired) electrons. The molecule has 0 aliphatic rings. The standard InChI is InChI=1S/C26H35ClO3/c1-19(2)14-13-16-20(3)15-11-9-7-5-6-8-10-12-17-22-25(29)23(18-28)21(4)24(27)26(22)30/h8,10,12,14-15,17-18,29-30H,5-7,9,11,13,16H2,1-4H3. The van der Waals surface area contributed by atoms with Crippen LogP contribution in [0, 0.1) is 6.92 Å². The number of phenolic OH excluding ortho intramolecular Hbond substituents is 2. The maximum absolute atomic E-state index is 11.2. The molecular formula is C26H35ClO3. The fourth-order valence-electron chi connectivity index (χ4n) is 3.10. The van der Waals surface area contributed by atoms with Gasteiger partial charge in [0.15, 0.2) is 6.29 Å². The Morgan fingerprint density at radius 2 is 1.60 bits per heavy atom. The number of unbranched alkanes of at least 4 members (excludes halogenated alkanes) is 4. The molecule has 0 unspecified atom stereocenters. The van der Waals surface area contributed by atoms with Gasteiger partial charge in [0.05, 0.1) is 16.1 Å². The molecule has 0 fully saturated rings. The van der Waals surface area contributed by atoms with E-state index < -0.39 is 0 Å². The predicted molar refractivity (Wildman–Crippen MR) is 129 cm³/mol. The topological polar surface area (TPSA) is 57.5 Å². The first-order valence-electron chi connectivity index (χ1n) is 10.6. The highest BCUT2D eigenvalue weighted by Crippen LogP contribution is 2.40. The van der Waals surface area contributed by atoms with Crippen LogP contribution in [0.1, 0.15) is 87.2 Å². The van der Waals surface area contributed by atoms with Gasteiger partial charge in [0.1, 0.15) is 11.5 Å². The minimum absolute atomic E-state index is 0.0831. The number of phenols is 2. The Hall–Kier alpha value is -2.26. The van der Waals surface area contributed by atoms with E-state index in [2.05, 4.69) is 39.0 Å². The van der Waals surface area contributed by atoms with Crippen LogP contribution in [0.15, 0.2) is 41.5 Å². The van der Waals surface area contributed by atoms with E-state index in [0.29, 0.717) is 11.8 Å². The Bertz CT molecular complexity index is 825. The zero-order valence-electron chi connectivity index (χ0n) is 18.7. The van der Waals surface area contributed by atoms with E-state index in [9.17, 15) is 15.0 Å². The first-order chi connectivity index (χ1) is 14.3. The maximum atomic E-state index is 11.2. The number of carbonyl (C=O) groups excluding carboxylic acids is 1. The van der Waals surface area contributed by atoms with Crippen LogP contribution < -0.4 is 0 Å². The Kier molecular flexibility index (Phi) is 11.9. The molecule has 1 aromatic rings. The van der Waals surface area contributed by atoms with Crippen molar-refractivity contribution in [3.63, 3.8) is 0 Å². The lowest BCUT2D eigenvalue weighted by Crippen LogP contribution is -1.92. The van der Waals surface area contributed by atoms with Crippen LogP contribution in [0.4, 0.5) is 0 Å². The van der Waals surface area contributed by atoms with Gasteiger partial charge in [-0.05, 0) is 77.9 Å². The first-order valence-corrected chi connectivity index (χ1v) is 11.0. The number of carbonyl (C=O) groups is 1. The van der Waals surface area contributed by atoms with Gasteiger partial charge in [0, 0.05) is 0 Å². The van der Waals surface area contributed by atoms with Gasteiger partial charge in [-0.3, -0.25) is 4.79 Å². The van der Waals surface area contributed by atoms with Crippen molar-refractivity contribution in [2.75, 3.05) is 0 Å². The summed E-state index contributed by atoms with van der Waals surface area (Å²) < 4.78 is 0. The van der Waals surface area contributed by atoms with E-state index >= 15 is 0 Å². The van der Waals surface area contributed by atoms with Crippen LogP contribution >= 0.6 is 11.6 Å². The summed E-state index contributed by atoms with van der Waals surface area (Å²) in [5, 5.41) is 20.4. The summed E-state index contributed by atoms with van der Waals surface area (Å²) in [7, 11) is 0. The molecule has 0 aliphatic heterocycles. The molecule has 1 rings (SSSR count). The summed E-state index contributed by atoms with van der Waals surface area (Å²) in [6.45, 7) is 8.07. The number of benzene rings is 1. The molecule has 0 aliphatic carbocycles. The fourth-order valence-corrected chi connectivity index (χ4v) is 3.30. The normalized spacial score (nSPS) is 12.1. The Morgan fingerprint density at radius 3 is 2.27 bits per heavy atom. The number of aldehydes is 1. The second kappa shape index (κ2) is 13.9. The van der Waals surface area contributed by atoms with Crippen molar-refractivity contribution in [3.05, 3.63) is 63.2 Å². The number of hydrogen-bond donors (Lipinski definition) is 2. The number of rotatable bonds is 12. The van der Waals surface area contributed by atoms with Gasteiger partial charge in [-0.25, -0.2) is 0 Å². The highest BCUT2D eigenvalue weighted by molar-refractivity contribution is 6.33. The van der Waals surface area contributed by atoms with Gasteiger partial charge < -0.3 is 10.2 Å². The largest absolute Gasteiger partial charge is 0.506 e. The Morgan fingerprint density at radius 1 is 0.900 bits per heavy atom. The molecule has 0 heterocycles. The zero-order valence-corrected chi connectivity index (χ0v) is 19.4. The van der Waals surface area contributed by atoms with Gasteiger partial charge in [-0.2, -0.15) is 0 Å². The third-order valence-electron chi connectivity index (χ3n) is 4.99. The smallest absolute Gasteiger partial charge is 0.154 e. The molecule has 0 amide bonds. The van der Waals surface area contributed by atoms with E-state index in [0.717, 1.165) is 32.1 Å². The van der Waals surface area contributed by atoms with Crippen LogP contribution in [0.3, 0.4) is 0 Å². The molecule has 30 heavy (non-hydrogen) atoms. The summed E-state index contributed by atoms with van der Waals surface area (Å²) in [4.78, 5) is 11.2. The van der Waals surface area contributed by atoms with Crippen molar-refractivity contribution in [3.8, 4) is 11.5 Å². The summed E-state index contributed by atoms with van der Waals surface area (Å²) in [6, 6.07) is 0. The molecule has 0 saturated heterocycles. The second-order valence-electron chi connectivity index (χ2n) is 7.88. The summed E-state index contributed by atoms with van der Waals surface area (Å²) in [6.07, 6.45) is 20.3. The van der Waals surface area contributed by atoms with Gasteiger partial charge in [-0.1, -0.05) is 59.5 Å². The van der Waals surface area contributed by atoms with Crippen LogP contribution in [-0.2, 0) is 0 Å².